The van der Waals surface area contributed by atoms with Crippen molar-refractivity contribution in [2.24, 2.45) is 11.1 Å². The van der Waals surface area contributed by atoms with Gasteiger partial charge in [-0.25, -0.2) is 0 Å². The largest absolute Gasteiger partial charge is 0.387 e. The highest BCUT2D eigenvalue weighted by atomic mass is 32.1. The van der Waals surface area contributed by atoms with Gasteiger partial charge in [-0.3, -0.25) is 10.3 Å². The Morgan fingerprint density at radius 2 is 2.10 bits per heavy atom. The van der Waals surface area contributed by atoms with Crippen LogP contribution in [0.4, 0.5) is 0 Å². The third-order valence-corrected chi connectivity index (χ3v) is 4.76. The highest BCUT2D eigenvalue weighted by molar-refractivity contribution is 7.09. The van der Waals surface area contributed by atoms with Crippen LogP contribution in [0.2, 0.25) is 0 Å². The zero-order chi connectivity index (χ0) is 15.2. The minimum absolute atomic E-state index is 0.156. The molecule has 3 N–H and O–H groups in total. The number of unbranched alkanes of at least 4 members (excludes halogenated alkanes) is 1. The molecule has 0 aromatic carbocycles. The second-order valence-corrected chi connectivity index (χ2v) is 7.43. The van der Waals surface area contributed by atoms with E-state index in [9.17, 15) is 0 Å². The molecule has 1 heterocycles. The van der Waals surface area contributed by atoms with E-state index in [1.807, 2.05) is 11.3 Å². The number of thiophene rings is 1. The van der Waals surface area contributed by atoms with Crippen molar-refractivity contribution in [2.45, 2.75) is 59.5 Å². The Hall–Kier alpha value is -0.870. The molecule has 114 valence electrons. The number of rotatable bonds is 9. The number of nitrogens with two attached hydrogens (primary N) is 1. The van der Waals surface area contributed by atoms with Gasteiger partial charge >= 0.3 is 0 Å². The first-order valence-electron chi connectivity index (χ1n) is 7.44. The topological polar surface area (TPSA) is 53.1 Å². The van der Waals surface area contributed by atoms with E-state index in [2.05, 4.69) is 50.1 Å². The van der Waals surface area contributed by atoms with Crippen molar-refractivity contribution in [3.8, 4) is 0 Å². The number of nitrogens with zero attached hydrogens (tertiary/aromatic N) is 1. The molecule has 0 atom stereocenters. The Labute approximate surface area is 127 Å². The molecule has 0 saturated carbocycles. The molecule has 4 heteroatoms. The fourth-order valence-electron chi connectivity index (χ4n) is 2.14. The highest BCUT2D eigenvalue weighted by Crippen LogP contribution is 2.23. The van der Waals surface area contributed by atoms with Crippen LogP contribution in [-0.2, 0) is 6.54 Å². The van der Waals surface area contributed by atoms with E-state index in [1.54, 1.807) is 0 Å². The van der Waals surface area contributed by atoms with Gasteiger partial charge in [-0.2, -0.15) is 0 Å². The predicted molar refractivity (Wildman–Crippen MR) is 89.4 cm³/mol. The summed E-state index contributed by atoms with van der Waals surface area (Å²) in [6.07, 6.45) is 3.29. The summed E-state index contributed by atoms with van der Waals surface area (Å²) in [4.78, 5) is 3.95. The lowest BCUT2D eigenvalue weighted by molar-refractivity contribution is 0.207. The molecule has 20 heavy (non-hydrogen) atoms. The Balaban J connectivity index is 2.35. The first-order chi connectivity index (χ1) is 9.33. The van der Waals surface area contributed by atoms with Crippen molar-refractivity contribution in [2.75, 3.05) is 6.54 Å². The zero-order valence-electron chi connectivity index (χ0n) is 13.3. The Morgan fingerprint density at radius 1 is 1.40 bits per heavy atom. The van der Waals surface area contributed by atoms with Gasteiger partial charge in [-0.15, -0.1) is 11.3 Å². The monoisotopic (exact) mass is 295 g/mol. The van der Waals surface area contributed by atoms with Gasteiger partial charge in [0.05, 0.1) is 5.84 Å². The lowest BCUT2D eigenvalue weighted by Crippen LogP contribution is -2.32. The molecule has 0 amide bonds. The summed E-state index contributed by atoms with van der Waals surface area (Å²) in [5.74, 6) is 0.303. The summed E-state index contributed by atoms with van der Waals surface area (Å²) < 4.78 is 0. The van der Waals surface area contributed by atoms with Crippen molar-refractivity contribution >= 4 is 17.2 Å². The van der Waals surface area contributed by atoms with Gasteiger partial charge in [-0.05, 0) is 44.7 Å². The van der Waals surface area contributed by atoms with E-state index in [-0.39, 0.29) is 5.41 Å². The summed E-state index contributed by atoms with van der Waals surface area (Å²) in [6, 6.07) is 4.89. The fourth-order valence-corrected chi connectivity index (χ4v) is 2.87. The predicted octanol–water partition coefficient (Wildman–Crippen LogP) is 4.09. The average Bonchev–Trinajstić information content (AvgIpc) is 2.85. The van der Waals surface area contributed by atoms with Gasteiger partial charge < -0.3 is 5.73 Å². The molecule has 1 aromatic heterocycles. The second-order valence-electron chi connectivity index (χ2n) is 6.40. The number of hydrogen-bond acceptors (Lipinski definition) is 3. The molecular weight excluding hydrogens is 266 g/mol. The maximum absolute atomic E-state index is 7.58. The summed E-state index contributed by atoms with van der Waals surface area (Å²) in [6.45, 7) is 10.8. The van der Waals surface area contributed by atoms with Crippen LogP contribution in [0.5, 0.6) is 0 Å². The molecule has 0 aliphatic carbocycles. The van der Waals surface area contributed by atoms with E-state index in [0.29, 0.717) is 11.9 Å². The molecule has 0 spiro atoms. The van der Waals surface area contributed by atoms with Crippen molar-refractivity contribution in [1.82, 2.24) is 4.90 Å². The van der Waals surface area contributed by atoms with Crippen LogP contribution in [0.3, 0.4) is 0 Å². The summed E-state index contributed by atoms with van der Waals surface area (Å²) in [5.41, 5.74) is 5.47. The summed E-state index contributed by atoms with van der Waals surface area (Å²) >= 11 is 1.83. The van der Waals surface area contributed by atoms with Gasteiger partial charge in [0, 0.05) is 22.9 Å². The Bertz CT molecular complexity index is 396. The molecule has 0 unspecified atom stereocenters. The minimum atomic E-state index is -0.156. The number of nitrogens with one attached hydrogen (secondary N) is 1. The SMILES string of the molecule is CC(C)N(CCCCC(C)(C)C(=N)N)Cc1cccs1. The zero-order valence-corrected chi connectivity index (χ0v) is 14.1. The van der Waals surface area contributed by atoms with Crippen LogP contribution < -0.4 is 5.73 Å². The van der Waals surface area contributed by atoms with Crippen LogP contribution in [0.15, 0.2) is 17.5 Å². The van der Waals surface area contributed by atoms with Gasteiger partial charge in [0.1, 0.15) is 0 Å². The molecule has 3 nitrogen and oxygen atoms in total. The first-order valence-corrected chi connectivity index (χ1v) is 8.32. The fraction of sp³-hybridized carbons (Fsp3) is 0.688. The van der Waals surface area contributed by atoms with Crippen molar-refractivity contribution in [1.29, 1.82) is 5.41 Å². The quantitative estimate of drug-likeness (QED) is 0.409. The van der Waals surface area contributed by atoms with Crippen LogP contribution >= 0.6 is 11.3 Å². The molecule has 1 rings (SSSR count). The molecule has 0 saturated heterocycles. The van der Waals surface area contributed by atoms with E-state index in [1.165, 1.54) is 11.3 Å². The van der Waals surface area contributed by atoms with E-state index in [0.717, 1.165) is 25.9 Å². The molecular formula is C16H29N3S. The first kappa shape index (κ1) is 17.2. The van der Waals surface area contributed by atoms with Gasteiger partial charge in [0.15, 0.2) is 0 Å². The van der Waals surface area contributed by atoms with Crippen molar-refractivity contribution < 1.29 is 0 Å². The molecule has 1 aromatic rings. The lowest BCUT2D eigenvalue weighted by Gasteiger charge is -2.27. The summed E-state index contributed by atoms with van der Waals surface area (Å²) in [7, 11) is 0. The highest BCUT2D eigenvalue weighted by Gasteiger charge is 2.21. The maximum Gasteiger partial charge on any atom is 0.0963 e. The van der Waals surface area contributed by atoms with Crippen molar-refractivity contribution in [3.05, 3.63) is 22.4 Å². The molecule has 0 fully saturated rings. The van der Waals surface area contributed by atoms with Gasteiger partial charge in [0.2, 0.25) is 0 Å². The normalized spacial score (nSPS) is 12.3. The van der Waals surface area contributed by atoms with Crippen LogP contribution in [0, 0.1) is 10.8 Å². The Morgan fingerprint density at radius 3 is 2.60 bits per heavy atom. The maximum atomic E-state index is 7.58. The molecule has 0 aliphatic rings. The van der Waals surface area contributed by atoms with Crippen LogP contribution in [-0.4, -0.2) is 23.3 Å². The molecule has 0 aliphatic heterocycles. The third-order valence-electron chi connectivity index (χ3n) is 3.90. The molecule has 0 radical (unpaired) electrons. The summed E-state index contributed by atoms with van der Waals surface area (Å²) in [5, 5.41) is 9.73. The van der Waals surface area contributed by atoms with Crippen molar-refractivity contribution in [3.63, 3.8) is 0 Å². The number of amidine groups is 1. The third kappa shape index (κ3) is 5.63. The van der Waals surface area contributed by atoms with E-state index in [4.69, 9.17) is 11.1 Å². The Kier molecular flexibility index (Phi) is 6.69. The smallest absolute Gasteiger partial charge is 0.0963 e. The number of hydrogen-bond donors (Lipinski definition) is 2. The van der Waals surface area contributed by atoms with E-state index >= 15 is 0 Å². The average molecular weight is 295 g/mol. The molecule has 0 bridgehead atoms. The second kappa shape index (κ2) is 7.79. The lowest BCUT2D eigenvalue weighted by atomic mass is 9.86. The van der Waals surface area contributed by atoms with Crippen LogP contribution in [0.1, 0.15) is 51.8 Å². The van der Waals surface area contributed by atoms with E-state index < -0.39 is 0 Å². The standard InChI is InChI=1S/C16H29N3S/c1-13(2)19(12-14-8-7-11-20-14)10-6-5-9-16(3,4)15(17)18/h7-8,11,13H,5-6,9-10,12H2,1-4H3,(H3,17,18). The van der Waals surface area contributed by atoms with Gasteiger partial charge in [0.25, 0.3) is 0 Å². The van der Waals surface area contributed by atoms with Crippen LogP contribution in [0.25, 0.3) is 0 Å². The van der Waals surface area contributed by atoms with Gasteiger partial charge in [-0.1, -0.05) is 26.3 Å². The minimum Gasteiger partial charge on any atom is -0.387 e.